The van der Waals surface area contributed by atoms with Crippen LogP contribution in [0.4, 0.5) is 0 Å². The van der Waals surface area contributed by atoms with Gasteiger partial charge in [0.05, 0.1) is 38.9 Å². The second-order valence-corrected chi connectivity index (χ2v) is 9.39. The molecular formula is C27H38N2O6. The van der Waals surface area contributed by atoms with Crippen molar-refractivity contribution in [1.29, 1.82) is 0 Å². The Balaban J connectivity index is 1.75. The van der Waals surface area contributed by atoms with Crippen LogP contribution in [0.25, 0.3) is 0 Å². The Bertz CT molecular complexity index is 961. The van der Waals surface area contributed by atoms with Gasteiger partial charge >= 0.3 is 0 Å². The van der Waals surface area contributed by atoms with Crippen molar-refractivity contribution in [2.45, 2.75) is 58.1 Å². The minimum Gasteiger partial charge on any atom is -0.493 e. The molecule has 1 saturated carbocycles. The van der Waals surface area contributed by atoms with Gasteiger partial charge in [-0.25, -0.2) is 0 Å². The van der Waals surface area contributed by atoms with E-state index in [-0.39, 0.29) is 29.5 Å². The van der Waals surface area contributed by atoms with E-state index in [4.69, 9.17) is 18.9 Å². The minimum atomic E-state index is -0.543. The molecule has 1 amide bonds. The van der Waals surface area contributed by atoms with Gasteiger partial charge in [-0.05, 0) is 63.0 Å². The summed E-state index contributed by atoms with van der Waals surface area (Å²) >= 11 is 0. The Morgan fingerprint density at radius 2 is 1.66 bits per heavy atom. The fraction of sp³-hybridized carbons (Fsp3) is 0.630. The van der Waals surface area contributed by atoms with E-state index in [0.29, 0.717) is 29.4 Å². The summed E-state index contributed by atoms with van der Waals surface area (Å²) in [5.41, 5.74) is 1.24. The van der Waals surface area contributed by atoms with Crippen LogP contribution in [0.3, 0.4) is 0 Å². The quantitative estimate of drug-likeness (QED) is 0.499. The van der Waals surface area contributed by atoms with Crippen molar-refractivity contribution < 1.29 is 28.5 Å². The molecule has 0 saturated heterocycles. The highest BCUT2D eigenvalue weighted by Gasteiger charge is 2.52. The number of ketones is 1. The second-order valence-electron chi connectivity index (χ2n) is 9.39. The average molecular weight is 487 g/mol. The van der Waals surface area contributed by atoms with Gasteiger partial charge in [-0.3, -0.25) is 9.59 Å². The Morgan fingerprint density at radius 1 is 1.00 bits per heavy atom. The number of benzene rings is 1. The Kier molecular flexibility index (Phi) is 7.89. The number of amides is 1. The molecule has 0 spiro atoms. The Hall–Kier alpha value is -2.74. The molecule has 1 fully saturated rings. The molecule has 192 valence electrons. The first kappa shape index (κ1) is 25.4. The summed E-state index contributed by atoms with van der Waals surface area (Å²) in [5.74, 6) is 1.36. The number of fused-ring (bicyclic) bond motifs is 1. The molecule has 8 nitrogen and oxygen atoms in total. The molecule has 2 aliphatic heterocycles. The molecular weight excluding hydrogens is 448 g/mol. The van der Waals surface area contributed by atoms with Crippen LogP contribution in [0.2, 0.25) is 0 Å². The third kappa shape index (κ3) is 4.60. The summed E-state index contributed by atoms with van der Waals surface area (Å²) in [6.07, 6.45) is 4.26. The first-order valence-electron chi connectivity index (χ1n) is 12.8. The van der Waals surface area contributed by atoms with E-state index in [1.54, 1.807) is 26.2 Å². The number of rotatable bonds is 10. The van der Waals surface area contributed by atoms with Crippen LogP contribution in [0.1, 0.15) is 57.6 Å². The molecule has 1 aromatic carbocycles. The fourth-order valence-corrected chi connectivity index (χ4v) is 5.73. The van der Waals surface area contributed by atoms with E-state index in [1.807, 2.05) is 12.1 Å². The van der Waals surface area contributed by atoms with Crippen molar-refractivity contribution in [1.82, 2.24) is 9.80 Å². The van der Waals surface area contributed by atoms with Crippen LogP contribution in [0.5, 0.6) is 17.2 Å². The first-order valence-corrected chi connectivity index (χ1v) is 12.8. The SMILES string of the molecule is CCN(CC)CCCN1C(=O)C2=C(C(=O)C3CCCCC3O2)C1c1cc(OC)c(OC)c(OC)c1. The molecule has 2 heterocycles. The second kappa shape index (κ2) is 10.9. The molecule has 1 aliphatic carbocycles. The van der Waals surface area contributed by atoms with E-state index in [0.717, 1.165) is 57.3 Å². The normalized spacial score (nSPS) is 23.8. The van der Waals surface area contributed by atoms with E-state index in [9.17, 15) is 9.59 Å². The molecule has 0 bridgehead atoms. The number of carbonyl (C=O) groups excluding carboxylic acids is 2. The van der Waals surface area contributed by atoms with Crippen LogP contribution in [-0.4, -0.2) is 75.1 Å². The van der Waals surface area contributed by atoms with E-state index in [2.05, 4.69) is 18.7 Å². The maximum atomic E-state index is 13.8. The van der Waals surface area contributed by atoms with E-state index >= 15 is 0 Å². The van der Waals surface area contributed by atoms with Crippen molar-refractivity contribution in [3.63, 3.8) is 0 Å². The molecule has 0 N–H and O–H groups in total. The van der Waals surface area contributed by atoms with Crippen LogP contribution in [-0.2, 0) is 14.3 Å². The lowest BCUT2D eigenvalue weighted by molar-refractivity contribution is -0.135. The van der Waals surface area contributed by atoms with Gasteiger partial charge in [0.1, 0.15) is 6.10 Å². The summed E-state index contributed by atoms with van der Waals surface area (Å²) in [4.78, 5) is 31.6. The van der Waals surface area contributed by atoms with Gasteiger partial charge in [0.15, 0.2) is 23.0 Å². The van der Waals surface area contributed by atoms with Gasteiger partial charge < -0.3 is 28.7 Å². The van der Waals surface area contributed by atoms with Crippen molar-refractivity contribution in [2.75, 3.05) is 47.5 Å². The zero-order valence-electron chi connectivity index (χ0n) is 21.6. The highest BCUT2D eigenvalue weighted by molar-refractivity contribution is 6.11. The molecule has 35 heavy (non-hydrogen) atoms. The van der Waals surface area contributed by atoms with Crippen LogP contribution >= 0.6 is 0 Å². The summed E-state index contributed by atoms with van der Waals surface area (Å²) < 4.78 is 22.9. The number of ether oxygens (including phenoxy) is 4. The number of hydrogen-bond donors (Lipinski definition) is 0. The molecule has 3 atom stereocenters. The molecule has 0 radical (unpaired) electrons. The number of carbonyl (C=O) groups is 2. The maximum absolute atomic E-state index is 13.8. The Morgan fingerprint density at radius 3 is 2.26 bits per heavy atom. The molecule has 3 aliphatic rings. The fourth-order valence-electron chi connectivity index (χ4n) is 5.73. The predicted molar refractivity (Wildman–Crippen MR) is 132 cm³/mol. The van der Waals surface area contributed by atoms with Crippen LogP contribution in [0, 0.1) is 5.92 Å². The third-order valence-corrected chi connectivity index (χ3v) is 7.63. The Labute approximate surface area is 208 Å². The van der Waals surface area contributed by atoms with Crippen molar-refractivity contribution in [2.24, 2.45) is 5.92 Å². The van der Waals surface area contributed by atoms with Crippen molar-refractivity contribution in [3.8, 4) is 17.2 Å². The number of methoxy groups -OCH3 is 3. The predicted octanol–water partition coefficient (Wildman–Crippen LogP) is 3.74. The van der Waals surface area contributed by atoms with Crippen molar-refractivity contribution in [3.05, 3.63) is 29.0 Å². The van der Waals surface area contributed by atoms with Crippen LogP contribution < -0.4 is 14.2 Å². The lowest BCUT2D eigenvalue weighted by Crippen LogP contribution is -2.39. The highest BCUT2D eigenvalue weighted by atomic mass is 16.5. The smallest absolute Gasteiger partial charge is 0.290 e. The summed E-state index contributed by atoms with van der Waals surface area (Å²) in [5, 5.41) is 0. The van der Waals surface area contributed by atoms with Crippen LogP contribution in [0.15, 0.2) is 23.5 Å². The lowest BCUT2D eigenvalue weighted by Gasteiger charge is -2.35. The summed E-state index contributed by atoms with van der Waals surface area (Å²) in [6.45, 7) is 7.59. The van der Waals surface area contributed by atoms with Gasteiger partial charge in [0.2, 0.25) is 5.75 Å². The monoisotopic (exact) mass is 486 g/mol. The van der Waals surface area contributed by atoms with Gasteiger partial charge in [-0.1, -0.05) is 20.3 Å². The maximum Gasteiger partial charge on any atom is 0.290 e. The van der Waals surface area contributed by atoms with Gasteiger partial charge in [0.25, 0.3) is 5.91 Å². The molecule has 4 rings (SSSR count). The molecule has 0 aromatic heterocycles. The van der Waals surface area contributed by atoms with Gasteiger partial charge in [-0.15, -0.1) is 0 Å². The molecule has 8 heteroatoms. The minimum absolute atomic E-state index is 0.0503. The number of Topliss-reactive ketones (excluding diaryl/α,β-unsaturated/α-hetero) is 1. The number of hydrogen-bond acceptors (Lipinski definition) is 7. The highest BCUT2D eigenvalue weighted by Crippen LogP contribution is 2.49. The van der Waals surface area contributed by atoms with Crippen molar-refractivity contribution >= 4 is 11.7 Å². The largest absolute Gasteiger partial charge is 0.493 e. The average Bonchev–Trinajstić information content (AvgIpc) is 3.17. The zero-order valence-corrected chi connectivity index (χ0v) is 21.6. The topological polar surface area (TPSA) is 77.5 Å². The number of nitrogens with zero attached hydrogens (tertiary/aromatic N) is 2. The molecule has 1 aromatic rings. The standard InChI is InChI=1S/C27H38N2O6/c1-6-28(7-2)13-10-14-29-23(17-15-20(32-3)25(34-5)21(16-17)33-4)22-24(30)18-11-8-9-12-19(18)35-26(22)27(29)31/h15-16,18-19,23H,6-14H2,1-5H3. The first-order chi connectivity index (χ1) is 17.0. The summed E-state index contributed by atoms with van der Waals surface area (Å²) in [7, 11) is 4.69. The van der Waals surface area contributed by atoms with Gasteiger partial charge in [0, 0.05) is 6.54 Å². The van der Waals surface area contributed by atoms with E-state index in [1.165, 1.54) is 0 Å². The lowest BCUT2D eigenvalue weighted by atomic mass is 9.77. The zero-order chi connectivity index (χ0) is 25.1. The van der Waals surface area contributed by atoms with E-state index < -0.39 is 6.04 Å². The molecule has 3 unspecified atom stereocenters. The summed E-state index contributed by atoms with van der Waals surface area (Å²) in [6, 6.07) is 3.14. The van der Waals surface area contributed by atoms with Gasteiger partial charge in [-0.2, -0.15) is 0 Å². The third-order valence-electron chi connectivity index (χ3n) is 7.63.